The average Bonchev–Trinajstić information content (AvgIpc) is 2.97. The van der Waals surface area contributed by atoms with E-state index in [9.17, 15) is 4.79 Å². The number of carbonyl (C=O) groups is 1. The van der Waals surface area contributed by atoms with E-state index in [2.05, 4.69) is 29.2 Å². The van der Waals surface area contributed by atoms with Crippen LogP contribution in [0.2, 0.25) is 0 Å². The quantitative estimate of drug-likeness (QED) is 0.848. The molecule has 3 aliphatic rings. The molecule has 3 nitrogen and oxygen atoms in total. The lowest BCUT2D eigenvalue weighted by atomic mass is 9.91. The number of ether oxygens (including phenoxy) is 1. The number of nitrogens with zero attached hydrogens (tertiary/aromatic N) is 1. The largest absolute Gasteiger partial charge is 0.381 e. The Morgan fingerprint density at radius 2 is 1.87 bits per heavy atom. The molecule has 1 aliphatic carbocycles. The second-order valence-corrected chi connectivity index (χ2v) is 8.28. The predicted molar refractivity (Wildman–Crippen MR) is 93.7 cm³/mol. The van der Waals surface area contributed by atoms with E-state index in [-0.39, 0.29) is 5.25 Å². The summed E-state index contributed by atoms with van der Waals surface area (Å²) in [6.45, 7) is 2.56. The molecule has 0 saturated carbocycles. The average molecular weight is 331 g/mol. The molecule has 2 atom stereocenters. The zero-order chi connectivity index (χ0) is 15.6. The van der Waals surface area contributed by atoms with Crippen molar-refractivity contribution in [1.82, 2.24) is 4.90 Å². The van der Waals surface area contributed by atoms with E-state index in [4.69, 9.17) is 4.74 Å². The first-order valence-corrected chi connectivity index (χ1v) is 9.88. The van der Waals surface area contributed by atoms with Crippen LogP contribution in [0.3, 0.4) is 0 Å². The monoisotopic (exact) mass is 331 g/mol. The Hall–Kier alpha value is -1.00. The molecule has 4 heteroatoms. The molecule has 0 aromatic heterocycles. The summed E-state index contributed by atoms with van der Waals surface area (Å²) in [7, 11) is 0. The van der Waals surface area contributed by atoms with E-state index in [0.717, 1.165) is 39.0 Å². The van der Waals surface area contributed by atoms with Crippen LogP contribution in [0, 0.1) is 0 Å². The summed E-state index contributed by atoms with van der Waals surface area (Å²) in [5.41, 5.74) is 2.96. The fourth-order valence-corrected chi connectivity index (χ4v) is 5.78. The molecular weight excluding hydrogens is 306 g/mol. The van der Waals surface area contributed by atoms with Gasteiger partial charge in [-0.15, -0.1) is 11.8 Å². The number of likely N-dealkylation sites (tertiary alicyclic amines) is 1. The minimum Gasteiger partial charge on any atom is -0.381 e. The summed E-state index contributed by atoms with van der Waals surface area (Å²) in [5, 5.41) is 0.664. The molecule has 1 amide bonds. The number of benzene rings is 1. The smallest absolute Gasteiger partial charge is 0.236 e. The lowest BCUT2D eigenvalue weighted by Crippen LogP contribution is -2.41. The molecule has 2 aliphatic heterocycles. The van der Waals surface area contributed by atoms with Crippen molar-refractivity contribution in [3.05, 3.63) is 35.4 Å². The molecule has 0 N–H and O–H groups in total. The Morgan fingerprint density at radius 3 is 2.74 bits per heavy atom. The second kappa shape index (κ2) is 6.86. The molecule has 2 saturated heterocycles. The van der Waals surface area contributed by atoms with Crippen LogP contribution in [0.25, 0.3) is 0 Å². The van der Waals surface area contributed by atoms with Crippen LogP contribution >= 0.6 is 11.8 Å². The topological polar surface area (TPSA) is 29.5 Å². The number of hydrogen-bond donors (Lipinski definition) is 0. The third-order valence-electron chi connectivity index (χ3n) is 5.47. The van der Waals surface area contributed by atoms with E-state index in [1.54, 1.807) is 0 Å². The van der Waals surface area contributed by atoms with Crippen molar-refractivity contribution in [2.45, 2.75) is 55.1 Å². The molecule has 1 aromatic rings. The molecule has 1 aromatic carbocycles. The maximum absolute atomic E-state index is 12.9. The minimum absolute atomic E-state index is 0.161. The van der Waals surface area contributed by atoms with Crippen LogP contribution in [0.4, 0.5) is 0 Å². The summed E-state index contributed by atoms with van der Waals surface area (Å²) in [5.74, 6) is 0.380. The van der Waals surface area contributed by atoms with Gasteiger partial charge in [-0.1, -0.05) is 24.3 Å². The number of thioether (sulfide) groups is 1. The van der Waals surface area contributed by atoms with E-state index < -0.39 is 0 Å². The normalized spacial score (nSPS) is 28.9. The van der Waals surface area contributed by atoms with Crippen molar-refractivity contribution in [2.75, 3.05) is 19.8 Å². The van der Waals surface area contributed by atoms with Gasteiger partial charge in [0.25, 0.3) is 0 Å². The first kappa shape index (κ1) is 15.5. The van der Waals surface area contributed by atoms with Gasteiger partial charge in [0.1, 0.15) is 0 Å². The Labute approximate surface area is 142 Å². The van der Waals surface area contributed by atoms with Crippen molar-refractivity contribution in [2.24, 2.45) is 0 Å². The number of aryl methyl sites for hydroxylation is 1. The van der Waals surface area contributed by atoms with Crippen LogP contribution < -0.4 is 0 Å². The van der Waals surface area contributed by atoms with Crippen molar-refractivity contribution in [3.63, 3.8) is 0 Å². The van der Waals surface area contributed by atoms with Gasteiger partial charge >= 0.3 is 0 Å². The lowest BCUT2D eigenvalue weighted by molar-refractivity contribution is -0.130. The highest BCUT2D eigenvalue weighted by atomic mass is 32.2. The summed E-state index contributed by atoms with van der Waals surface area (Å²) >= 11 is 1.92. The highest BCUT2D eigenvalue weighted by Gasteiger charge is 2.38. The number of hydrogen-bond acceptors (Lipinski definition) is 3. The predicted octanol–water partition coefficient (Wildman–Crippen LogP) is 3.58. The number of fused-ring (bicyclic) bond motifs is 1. The zero-order valence-corrected chi connectivity index (χ0v) is 14.4. The van der Waals surface area contributed by atoms with E-state index in [1.165, 1.54) is 30.4 Å². The molecule has 0 radical (unpaired) electrons. The molecule has 23 heavy (non-hydrogen) atoms. The van der Waals surface area contributed by atoms with E-state index in [1.807, 2.05) is 11.8 Å². The molecule has 0 unspecified atom stereocenters. The van der Waals surface area contributed by atoms with Crippen LogP contribution in [0.5, 0.6) is 0 Å². The lowest BCUT2D eigenvalue weighted by Gasteiger charge is -2.31. The maximum Gasteiger partial charge on any atom is 0.236 e. The minimum atomic E-state index is 0.161. The van der Waals surface area contributed by atoms with Crippen molar-refractivity contribution in [3.8, 4) is 0 Å². The summed E-state index contributed by atoms with van der Waals surface area (Å²) in [6, 6.07) is 9.22. The van der Waals surface area contributed by atoms with Gasteiger partial charge in [0, 0.05) is 31.1 Å². The Bertz CT molecular complexity index is 570. The summed E-state index contributed by atoms with van der Waals surface area (Å²) in [6.07, 6.45) is 6.69. The highest BCUT2D eigenvalue weighted by Crippen LogP contribution is 2.44. The fourth-order valence-electron chi connectivity index (χ4n) is 4.21. The molecule has 0 bridgehead atoms. The van der Waals surface area contributed by atoms with Crippen LogP contribution in [0.15, 0.2) is 24.3 Å². The van der Waals surface area contributed by atoms with Gasteiger partial charge in [-0.3, -0.25) is 4.79 Å². The number of rotatable bonds is 3. The Kier molecular flexibility index (Phi) is 4.63. The Morgan fingerprint density at radius 1 is 1.04 bits per heavy atom. The van der Waals surface area contributed by atoms with Crippen LogP contribution in [0.1, 0.15) is 48.5 Å². The first-order valence-electron chi connectivity index (χ1n) is 8.94. The van der Waals surface area contributed by atoms with Crippen molar-refractivity contribution >= 4 is 17.7 Å². The first-order chi connectivity index (χ1) is 11.3. The second-order valence-electron chi connectivity index (χ2n) is 6.87. The molecule has 4 rings (SSSR count). The van der Waals surface area contributed by atoms with Crippen LogP contribution in [-0.4, -0.2) is 41.9 Å². The van der Waals surface area contributed by atoms with Gasteiger partial charge in [-0.2, -0.15) is 0 Å². The third-order valence-corrected chi connectivity index (χ3v) is 7.05. The molecule has 0 spiro atoms. The summed E-state index contributed by atoms with van der Waals surface area (Å²) < 4.78 is 5.44. The van der Waals surface area contributed by atoms with Crippen molar-refractivity contribution in [1.29, 1.82) is 0 Å². The molecule has 124 valence electrons. The highest BCUT2D eigenvalue weighted by molar-refractivity contribution is 8.00. The number of amides is 1. The number of carbonyl (C=O) groups excluding carboxylic acids is 1. The summed E-state index contributed by atoms with van der Waals surface area (Å²) in [4.78, 5) is 15.0. The van der Waals surface area contributed by atoms with E-state index >= 15 is 0 Å². The van der Waals surface area contributed by atoms with Gasteiger partial charge in [0.2, 0.25) is 5.91 Å². The SMILES string of the molecule is O=C1[C@H](S[C@H]2CCCc3ccccc32)CCN1C1CCOCC1. The maximum atomic E-state index is 12.9. The third kappa shape index (κ3) is 3.16. The fraction of sp³-hybridized carbons (Fsp3) is 0.632. The van der Waals surface area contributed by atoms with Gasteiger partial charge in [0.15, 0.2) is 0 Å². The van der Waals surface area contributed by atoms with Gasteiger partial charge in [-0.05, 0) is 49.7 Å². The van der Waals surface area contributed by atoms with Crippen molar-refractivity contribution < 1.29 is 9.53 Å². The van der Waals surface area contributed by atoms with Gasteiger partial charge in [0.05, 0.1) is 5.25 Å². The van der Waals surface area contributed by atoms with Crippen LogP contribution in [-0.2, 0) is 16.0 Å². The van der Waals surface area contributed by atoms with Gasteiger partial charge < -0.3 is 9.64 Å². The zero-order valence-electron chi connectivity index (χ0n) is 13.6. The van der Waals surface area contributed by atoms with Gasteiger partial charge in [-0.25, -0.2) is 0 Å². The molecule has 2 fully saturated rings. The Balaban J connectivity index is 1.43. The molecular formula is C19H25NO2S. The van der Waals surface area contributed by atoms with E-state index in [0.29, 0.717) is 17.2 Å². The molecule has 2 heterocycles. The standard InChI is InChI=1S/C19H25NO2S/c21-19-18(8-11-20(19)15-9-12-22-13-10-15)23-17-7-3-5-14-4-1-2-6-16(14)17/h1-2,4,6,15,17-18H,3,5,7-13H2/t17-,18+/m0/s1.